The van der Waals surface area contributed by atoms with Gasteiger partial charge in [0.1, 0.15) is 0 Å². The lowest BCUT2D eigenvalue weighted by Gasteiger charge is -2.33. The summed E-state index contributed by atoms with van der Waals surface area (Å²) in [5, 5.41) is 0. The molecule has 1 unspecified atom stereocenters. The predicted molar refractivity (Wildman–Crippen MR) is 72.9 cm³/mol. The maximum atomic E-state index is 2.80. The van der Waals surface area contributed by atoms with Crippen LogP contribution in [0, 0.1) is 0 Å². The Morgan fingerprint density at radius 2 is 1.44 bits per heavy atom. The van der Waals surface area contributed by atoms with Gasteiger partial charge in [-0.3, -0.25) is 0 Å². The van der Waals surface area contributed by atoms with Crippen LogP contribution in [-0.4, -0.2) is 24.0 Å². The van der Waals surface area contributed by atoms with Crippen molar-refractivity contribution in [2.24, 2.45) is 0 Å². The summed E-state index contributed by atoms with van der Waals surface area (Å²) in [6.45, 7) is 7.39. The molecule has 0 bridgehead atoms. The second-order valence-electron chi connectivity index (χ2n) is 5.39. The molecule has 0 aliphatic carbocycles. The number of unbranched alkanes of at least 4 members (excludes halogenated alkanes) is 1. The Kier molecular flexibility index (Phi) is 7.92. The summed E-state index contributed by atoms with van der Waals surface area (Å²) < 4.78 is 0. The third-order valence-electron chi connectivity index (χ3n) is 3.92. The van der Waals surface area contributed by atoms with Gasteiger partial charge in [0, 0.05) is 6.04 Å². The molecule has 0 saturated carbocycles. The van der Waals surface area contributed by atoms with E-state index in [1.165, 1.54) is 77.3 Å². The molecule has 0 aromatic carbocycles. The van der Waals surface area contributed by atoms with Crippen molar-refractivity contribution < 1.29 is 0 Å². The Bertz CT molecular complexity index is 145. The van der Waals surface area contributed by atoms with Crippen LogP contribution in [0.15, 0.2) is 0 Å². The van der Waals surface area contributed by atoms with Crippen LogP contribution in [0.2, 0.25) is 0 Å². The highest BCUT2D eigenvalue weighted by Gasteiger charge is 2.17. The molecule has 1 heteroatoms. The molecule has 1 fully saturated rings. The smallest absolute Gasteiger partial charge is 0.00951 e. The van der Waals surface area contributed by atoms with Crippen LogP contribution in [0.5, 0.6) is 0 Å². The van der Waals surface area contributed by atoms with E-state index < -0.39 is 0 Å². The molecule has 1 aliphatic heterocycles. The summed E-state index contributed by atoms with van der Waals surface area (Å²) in [5.41, 5.74) is 0. The van der Waals surface area contributed by atoms with Gasteiger partial charge in [0.2, 0.25) is 0 Å². The molecule has 16 heavy (non-hydrogen) atoms. The van der Waals surface area contributed by atoms with Crippen molar-refractivity contribution in [1.29, 1.82) is 0 Å². The van der Waals surface area contributed by atoms with Crippen molar-refractivity contribution in [3.05, 3.63) is 0 Å². The second kappa shape index (κ2) is 9.04. The number of hydrogen-bond donors (Lipinski definition) is 0. The van der Waals surface area contributed by atoms with Crippen molar-refractivity contribution in [2.75, 3.05) is 13.1 Å². The van der Waals surface area contributed by atoms with Crippen LogP contribution >= 0.6 is 0 Å². The highest BCUT2D eigenvalue weighted by molar-refractivity contribution is 4.73. The molecular formula is C15H31N. The first-order chi connectivity index (χ1) is 7.88. The zero-order valence-electron chi connectivity index (χ0n) is 11.5. The van der Waals surface area contributed by atoms with E-state index in [9.17, 15) is 0 Å². The summed E-state index contributed by atoms with van der Waals surface area (Å²) in [6.07, 6.45) is 14.2. The molecule has 0 N–H and O–H groups in total. The van der Waals surface area contributed by atoms with Gasteiger partial charge in [0.25, 0.3) is 0 Å². The van der Waals surface area contributed by atoms with Crippen LogP contribution < -0.4 is 0 Å². The molecule has 1 rings (SSSR count). The fourth-order valence-corrected chi connectivity index (χ4v) is 2.92. The number of nitrogens with zero attached hydrogens (tertiary/aromatic N) is 1. The molecule has 0 radical (unpaired) electrons. The third kappa shape index (κ3) is 5.34. The largest absolute Gasteiger partial charge is 0.300 e. The van der Waals surface area contributed by atoms with E-state index >= 15 is 0 Å². The molecule has 1 heterocycles. The lowest BCUT2D eigenvalue weighted by Crippen LogP contribution is -2.37. The normalized spacial score (nSPS) is 21.4. The fraction of sp³-hybridized carbons (Fsp3) is 1.00. The summed E-state index contributed by atoms with van der Waals surface area (Å²) >= 11 is 0. The first-order valence-electron chi connectivity index (χ1n) is 7.62. The molecule has 1 aliphatic rings. The van der Waals surface area contributed by atoms with Crippen LogP contribution in [0.3, 0.4) is 0 Å². The van der Waals surface area contributed by atoms with E-state index in [-0.39, 0.29) is 0 Å². The Morgan fingerprint density at radius 1 is 0.812 bits per heavy atom. The quantitative estimate of drug-likeness (QED) is 0.638. The average Bonchev–Trinajstić information content (AvgIpc) is 2.24. The summed E-state index contributed by atoms with van der Waals surface area (Å²) in [5.74, 6) is 0. The molecule has 0 aromatic rings. The molecule has 1 saturated heterocycles. The topological polar surface area (TPSA) is 3.24 Å². The van der Waals surface area contributed by atoms with E-state index in [2.05, 4.69) is 18.7 Å². The number of likely N-dealkylation sites (tertiary alicyclic amines) is 1. The number of rotatable bonds is 6. The zero-order valence-corrected chi connectivity index (χ0v) is 11.5. The Labute approximate surface area is 103 Å². The van der Waals surface area contributed by atoms with Crippen LogP contribution in [-0.2, 0) is 0 Å². The summed E-state index contributed by atoms with van der Waals surface area (Å²) in [7, 11) is 0. The lowest BCUT2D eigenvalue weighted by atomic mass is 10.0. The minimum absolute atomic E-state index is 0.892. The predicted octanol–water partition coefficient (Wildman–Crippen LogP) is 4.61. The van der Waals surface area contributed by atoms with Gasteiger partial charge >= 0.3 is 0 Å². The van der Waals surface area contributed by atoms with Crippen LogP contribution in [0.1, 0.15) is 78.1 Å². The van der Waals surface area contributed by atoms with Gasteiger partial charge in [-0.1, -0.05) is 52.4 Å². The molecule has 0 spiro atoms. The van der Waals surface area contributed by atoms with E-state index in [0.717, 1.165) is 6.04 Å². The van der Waals surface area contributed by atoms with E-state index in [0.29, 0.717) is 0 Å². The first kappa shape index (κ1) is 14.0. The van der Waals surface area contributed by atoms with Crippen molar-refractivity contribution >= 4 is 0 Å². The van der Waals surface area contributed by atoms with Gasteiger partial charge in [-0.15, -0.1) is 0 Å². The highest BCUT2D eigenvalue weighted by atomic mass is 15.1. The Hall–Kier alpha value is -0.0400. The van der Waals surface area contributed by atoms with Gasteiger partial charge in [-0.25, -0.2) is 0 Å². The minimum atomic E-state index is 0.892. The van der Waals surface area contributed by atoms with Crippen molar-refractivity contribution in [3.63, 3.8) is 0 Å². The first-order valence-corrected chi connectivity index (χ1v) is 7.62. The monoisotopic (exact) mass is 225 g/mol. The van der Waals surface area contributed by atoms with Crippen molar-refractivity contribution in [1.82, 2.24) is 4.90 Å². The SMILES string of the molecule is CCCCC(CCC)N1CCCCCCC1. The minimum Gasteiger partial charge on any atom is -0.300 e. The summed E-state index contributed by atoms with van der Waals surface area (Å²) in [4.78, 5) is 2.80. The molecule has 1 nitrogen and oxygen atoms in total. The Balaban J connectivity index is 2.38. The molecule has 1 atom stereocenters. The number of hydrogen-bond acceptors (Lipinski definition) is 1. The van der Waals surface area contributed by atoms with Crippen LogP contribution in [0.4, 0.5) is 0 Å². The van der Waals surface area contributed by atoms with Crippen molar-refractivity contribution in [3.8, 4) is 0 Å². The maximum absolute atomic E-state index is 2.80. The maximum Gasteiger partial charge on any atom is 0.00951 e. The third-order valence-corrected chi connectivity index (χ3v) is 3.92. The lowest BCUT2D eigenvalue weighted by molar-refractivity contribution is 0.159. The Morgan fingerprint density at radius 3 is 2.00 bits per heavy atom. The van der Waals surface area contributed by atoms with E-state index in [1.807, 2.05) is 0 Å². The van der Waals surface area contributed by atoms with E-state index in [4.69, 9.17) is 0 Å². The van der Waals surface area contributed by atoms with Gasteiger partial charge in [0.15, 0.2) is 0 Å². The molecule has 96 valence electrons. The van der Waals surface area contributed by atoms with Crippen LogP contribution in [0.25, 0.3) is 0 Å². The van der Waals surface area contributed by atoms with Gasteiger partial charge in [-0.2, -0.15) is 0 Å². The molecular weight excluding hydrogens is 194 g/mol. The molecule has 0 aromatic heterocycles. The van der Waals surface area contributed by atoms with Crippen molar-refractivity contribution in [2.45, 2.75) is 84.1 Å². The standard InChI is InChI=1S/C15H31N/c1-3-5-12-15(11-4-2)16-13-9-7-6-8-10-14-16/h15H,3-14H2,1-2H3. The van der Waals surface area contributed by atoms with E-state index in [1.54, 1.807) is 0 Å². The van der Waals surface area contributed by atoms with Gasteiger partial charge in [-0.05, 0) is 38.8 Å². The second-order valence-corrected chi connectivity index (χ2v) is 5.39. The fourth-order valence-electron chi connectivity index (χ4n) is 2.92. The summed E-state index contributed by atoms with van der Waals surface area (Å²) in [6, 6.07) is 0.892. The van der Waals surface area contributed by atoms with Gasteiger partial charge < -0.3 is 4.90 Å². The molecule has 0 amide bonds. The highest BCUT2D eigenvalue weighted by Crippen LogP contribution is 2.19. The zero-order chi connectivity index (χ0) is 11.6. The van der Waals surface area contributed by atoms with Gasteiger partial charge in [0.05, 0.1) is 0 Å². The average molecular weight is 225 g/mol.